The summed E-state index contributed by atoms with van der Waals surface area (Å²) < 4.78 is 26.7. The molecule has 19 heavy (non-hydrogen) atoms. The summed E-state index contributed by atoms with van der Waals surface area (Å²) >= 11 is 6.15. The third-order valence-corrected chi connectivity index (χ3v) is 5.35. The van der Waals surface area contributed by atoms with Gasteiger partial charge in [-0.3, -0.25) is 0 Å². The predicted molar refractivity (Wildman–Crippen MR) is 78.1 cm³/mol. The molecule has 1 saturated carbocycles. The second kappa shape index (κ2) is 5.81. The van der Waals surface area contributed by atoms with Crippen molar-refractivity contribution in [2.24, 2.45) is 0 Å². The fourth-order valence-electron chi connectivity index (χ4n) is 2.21. The molecule has 0 aliphatic heterocycles. The molecule has 3 nitrogen and oxygen atoms in total. The van der Waals surface area contributed by atoms with E-state index in [-0.39, 0.29) is 17.3 Å². The topological polar surface area (TPSA) is 46.2 Å². The summed E-state index contributed by atoms with van der Waals surface area (Å²) in [4.78, 5) is 0.334. The van der Waals surface area contributed by atoms with E-state index in [0.29, 0.717) is 4.90 Å². The van der Waals surface area contributed by atoms with Crippen LogP contribution in [0.5, 0.6) is 0 Å². The van der Waals surface area contributed by atoms with Gasteiger partial charge in [-0.15, -0.1) is 11.6 Å². The van der Waals surface area contributed by atoms with E-state index in [4.69, 9.17) is 11.6 Å². The maximum Gasteiger partial charge on any atom is 0.240 e. The first-order valence-corrected chi connectivity index (χ1v) is 8.62. The predicted octanol–water partition coefficient (Wildman–Crippen LogP) is 3.25. The Morgan fingerprint density at radius 2 is 1.89 bits per heavy atom. The molecule has 2 rings (SSSR count). The van der Waals surface area contributed by atoms with Crippen LogP contribution >= 0.6 is 11.6 Å². The lowest BCUT2D eigenvalue weighted by Crippen LogP contribution is -2.25. The highest BCUT2D eigenvalue weighted by Gasteiger charge is 2.28. The molecule has 1 N–H and O–H groups in total. The minimum absolute atomic E-state index is 0.0389. The van der Waals surface area contributed by atoms with Crippen molar-refractivity contribution in [3.8, 4) is 0 Å². The van der Waals surface area contributed by atoms with Crippen LogP contribution in [0.3, 0.4) is 0 Å². The molecule has 1 aromatic carbocycles. The van der Waals surface area contributed by atoms with Crippen molar-refractivity contribution in [3.63, 3.8) is 0 Å². The zero-order valence-corrected chi connectivity index (χ0v) is 12.8. The van der Waals surface area contributed by atoms with Crippen LogP contribution in [0, 0.1) is 0 Å². The highest BCUT2D eigenvalue weighted by Crippen LogP contribution is 2.28. The Morgan fingerprint density at radius 1 is 1.32 bits per heavy atom. The monoisotopic (exact) mass is 301 g/mol. The van der Waals surface area contributed by atoms with Crippen molar-refractivity contribution in [2.75, 3.05) is 0 Å². The smallest absolute Gasteiger partial charge is 0.208 e. The van der Waals surface area contributed by atoms with Crippen LogP contribution in [0.2, 0.25) is 0 Å². The first kappa shape index (κ1) is 14.8. The summed E-state index contributed by atoms with van der Waals surface area (Å²) in [5.74, 6) is 0.259. The van der Waals surface area contributed by atoms with Gasteiger partial charge >= 0.3 is 0 Å². The Kier molecular flexibility index (Phi) is 4.54. The normalized spacial score (nSPS) is 19.1. The summed E-state index contributed by atoms with van der Waals surface area (Å²) in [6.45, 7) is 4.05. The molecule has 5 heteroatoms. The summed E-state index contributed by atoms with van der Waals surface area (Å²) in [5.41, 5.74) is 1.09. The average Bonchev–Trinajstić information content (AvgIpc) is 3.13. The van der Waals surface area contributed by atoms with E-state index in [1.165, 1.54) is 0 Å². The molecule has 1 fully saturated rings. The molecule has 0 spiro atoms. The quantitative estimate of drug-likeness (QED) is 0.820. The van der Waals surface area contributed by atoms with Crippen LogP contribution in [-0.4, -0.2) is 19.8 Å². The number of nitrogens with one attached hydrogen (secondary N) is 1. The van der Waals surface area contributed by atoms with Gasteiger partial charge in [-0.25, -0.2) is 13.1 Å². The van der Waals surface area contributed by atoms with Gasteiger partial charge in [-0.05, 0) is 49.8 Å². The van der Waals surface area contributed by atoms with E-state index in [0.717, 1.165) is 24.8 Å². The van der Waals surface area contributed by atoms with E-state index < -0.39 is 10.0 Å². The van der Waals surface area contributed by atoms with Gasteiger partial charge in [0.1, 0.15) is 0 Å². The van der Waals surface area contributed by atoms with E-state index >= 15 is 0 Å². The molecule has 0 radical (unpaired) electrons. The lowest BCUT2D eigenvalue weighted by molar-refractivity contribution is 0.581. The highest BCUT2D eigenvalue weighted by atomic mass is 35.5. The molecule has 1 aliphatic rings. The number of rotatable bonds is 6. The van der Waals surface area contributed by atoms with Crippen LogP contribution in [0.4, 0.5) is 0 Å². The average molecular weight is 302 g/mol. The van der Waals surface area contributed by atoms with Crippen LogP contribution in [0.1, 0.15) is 44.6 Å². The Labute approximate surface area is 120 Å². The third kappa shape index (κ3) is 3.71. The number of alkyl halides is 1. The SMILES string of the molecule is CCC(c1ccc(S(=O)(=O)NC2CC2)cc1)C(C)Cl. The van der Waals surface area contributed by atoms with Crippen molar-refractivity contribution >= 4 is 21.6 Å². The first-order chi connectivity index (χ1) is 8.94. The second-order valence-corrected chi connectivity index (χ2v) is 7.56. The summed E-state index contributed by atoms with van der Waals surface area (Å²) in [7, 11) is -3.35. The van der Waals surface area contributed by atoms with Gasteiger partial charge in [-0.1, -0.05) is 19.1 Å². The molecule has 0 saturated heterocycles. The van der Waals surface area contributed by atoms with E-state index in [9.17, 15) is 8.42 Å². The minimum Gasteiger partial charge on any atom is -0.208 e. The van der Waals surface area contributed by atoms with E-state index in [1.807, 2.05) is 19.1 Å². The maximum atomic E-state index is 12.0. The standard InChI is InChI=1S/C14H20ClNO2S/c1-3-14(10(2)15)11-4-8-13(9-5-11)19(17,18)16-12-6-7-12/h4-5,8-10,12,14,16H,3,6-7H2,1-2H3. The molecule has 0 bridgehead atoms. The van der Waals surface area contributed by atoms with Gasteiger partial charge in [0, 0.05) is 11.4 Å². The van der Waals surface area contributed by atoms with E-state index in [2.05, 4.69) is 11.6 Å². The molecule has 2 unspecified atom stereocenters. The van der Waals surface area contributed by atoms with Crippen molar-refractivity contribution in [1.82, 2.24) is 4.72 Å². The molecule has 0 aromatic heterocycles. The third-order valence-electron chi connectivity index (χ3n) is 3.51. The molecule has 1 aromatic rings. The van der Waals surface area contributed by atoms with Gasteiger partial charge < -0.3 is 0 Å². The van der Waals surface area contributed by atoms with Gasteiger partial charge in [0.05, 0.1) is 4.90 Å². The fourth-order valence-corrected chi connectivity index (χ4v) is 3.84. The molecule has 0 amide bonds. The van der Waals surface area contributed by atoms with Gasteiger partial charge in [0.2, 0.25) is 10.0 Å². The summed E-state index contributed by atoms with van der Waals surface area (Å²) in [5, 5.41) is 0.0389. The molecular weight excluding hydrogens is 282 g/mol. The van der Waals surface area contributed by atoms with Gasteiger partial charge in [-0.2, -0.15) is 0 Å². The van der Waals surface area contributed by atoms with Crippen LogP contribution < -0.4 is 4.72 Å². The zero-order valence-electron chi connectivity index (χ0n) is 11.3. The molecule has 0 heterocycles. The van der Waals surface area contributed by atoms with E-state index in [1.54, 1.807) is 12.1 Å². The van der Waals surface area contributed by atoms with Crippen LogP contribution in [-0.2, 0) is 10.0 Å². The fraction of sp³-hybridized carbons (Fsp3) is 0.571. The number of benzene rings is 1. The maximum absolute atomic E-state index is 12.0. The van der Waals surface area contributed by atoms with Crippen molar-refractivity contribution < 1.29 is 8.42 Å². The molecule has 1 aliphatic carbocycles. The minimum atomic E-state index is -3.35. The Balaban J connectivity index is 2.17. The number of halogens is 1. The van der Waals surface area contributed by atoms with Gasteiger partial charge in [0.15, 0.2) is 0 Å². The lowest BCUT2D eigenvalue weighted by Gasteiger charge is -2.18. The van der Waals surface area contributed by atoms with Crippen LogP contribution in [0.25, 0.3) is 0 Å². The van der Waals surface area contributed by atoms with Gasteiger partial charge in [0.25, 0.3) is 0 Å². The molecular formula is C14H20ClNO2S. The number of sulfonamides is 1. The Hall–Kier alpha value is -0.580. The Morgan fingerprint density at radius 3 is 2.32 bits per heavy atom. The summed E-state index contributed by atoms with van der Waals surface area (Å²) in [6.07, 6.45) is 2.83. The first-order valence-electron chi connectivity index (χ1n) is 6.70. The van der Waals surface area contributed by atoms with Crippen molar-refractivity contribution in [2.45, 2.75) is 55.3 Å². The number of hydrogen-bond donors (Lipinski definition) is 1. The number of hydrogen-bond acceptors (Lipinski definition) is 2. The zero-order chi connectivity index (χ0) is 14.0. The van der Waals surface area contributed by atoms with Crippen LogP contribution in [0.15, 0.2) is 29.2 Å². The molecule has 106 valence electrons. The lowest BCUT2D eigenvalue weighted by atomic mass is 9.94. The van der Waals surface area contributed by atoms with Crippen molar-refractivity contribution in [3.05, 3.63) is 29.8 Å². The summed E-state index contributed by atoms with van der Waals surface area (Å²) in [6, 6.07) is 7.21. The second-order valence-electron chi connectivity index (χ2n) is 5.16. The highest BCUT2D eigenvalue weighted by molar-refractivity contribution is 7.89. The van der Waals surface area contributed by atoms with Crippen molar-refractivity contribution in [1.29, 1.82) is 0 Å². The molecule has 2 atom stereocenters. The largest absolute Gasteiger partial charge is 0.240 e. The Bertz CT molecular complexity index is 521.